The minimum atomic E-state index is 0.0216. The van der Waals surface area contributed by atoms with Gasteiger partial charge >= 0.3 is 0 Å². The summed E-state index contributed by atoms with van der Waals surface area (Å²) in [6.45, 7) is 4.94. The zero-order chi connectivity index (χ0) is 19.1. The molecule has 0 fully saturated rings. The van der Waals surface area contributed by atoms with Crippen LogP contribution in [-0.4, -0.2) is 24.4 Å². The van der Waals surface area contributed by atoms with Crippen LogP contribution >= 0.6 is 0 Å². The van der Waals surface area contributed by atoms with E-state index in [9.17, 15) is 0 Å². The monoisotopic (exact) mass is 360 g/mol. The van der Waals surface area contributed by atoms with E-state index in [1.54, 1.807) is 0 Å². The van der Waals surface area contributed by atoms with E-state index in [0.717, 1.165) is 57.8 Å². The summed E-state index contributed by atoms with van der Waals surface area (Å²) in [5.41, 5.74) is 0. The highest BCUT2D eigenvalue weighted by atomic mass is 16.5. The molecule has 0 saturated carbocycles. The summed E-state index contributed by atoms with van der Waals surface area (Å²) in [6, 6.07) is 0. The Labute approximate surface area is 162 Å². The molecule has 1 atom stereocenters. The lowest BCUT2D eigenvalue weighted by atomic mass is 10.1. The van der Waals surface area contributed by atoms with Crippen molar-refractivity contribution >= 4 is 0 Å². The highest BCUT2D eigenvalue weighted by Gasteiger charge is 2.04. The summed E-state index contributed by atoms with van der Waals surface area (Å²) >= 11 is 0. The molecule has 0 bridgehead atoms. The molecule has 0 aliphatic carbocycles. The molecule has 26 heavy (non-hydrogen) atoms. The van der Waals surface area contributed by atoms with E-state index >= 15 is 0 Å². The average Bonchev–Trinajstić information content (AvgIpc) is 2.66. The van der Waals surface area contributed by atoms with Crippen molar-refractivity contribution in [3.8, 4) is 0 Å². The van der Waals surface area contributed by atoms with Gasteiger partial charge in [0.05, 0.1) is 12.7 Å². The van der Waals surface area contributed by atoms with Gasteiger partial charge in [0.1, 0.15) is 0 Å². The van der Waals surface area contributed by atoms with Gasteiger partial charge in [-0.05, 0) is 58.3 Å². The normalized spacial score (nSPS) is 14.1. The first kappa shape index (κ1) is 24.6. The van der Waals surface area contributed by atoms with Crippen LogP contribution in [0.15, 0.2) is 60.8 Å². The van der Waals surface area contributed by atoms with Crippen LogP contribution in [0.2, 0.25) is 0 Å². The Kier molecular flexibility index (Phi) is 20.5. The lowest BCUT2D eigenvalue weighted by molar-refractivity contribution is 0.0137. The molecule has 2 nitrogen and oxygen atoms in total. The second-order valence-corrected chi connectivity index (χ2v) is 6.25. The van der Waals surface area contributed by atoms with Crippen molar-refractivity contribution in [3.05, 3.63) is 60.8 Å². The number of allylic oxidation sites excluding steroid dienone is 10. The lowest BCUT2D eigenvalue weighted by Gasteiger charge is -2.13. The van der Waals surface area contributed by atoms with Crippen LogP contribution < -0.4 is 0 Å². The molecule has 1 unspecified atom stereocenters. The first-order chi connectivity index (χ1) is 12.8. The van der Waals surface area contributed by atoms with Crippen LogP contribution in [0, 0.1) is 0 Å². The van der Waals surface area contributed by atoms with Crippen molar-refractivity contribution in [2.45, 2.75) is 77.7 Å². The molecule has 2 heteroatoms. The lowest BCUT2D eigenvalue weighted by Crippen LogP contribution is -2.17. The Morgan fingerprint density at radius 2 is 1.19 bits per heavy atom. The van der Waals surface area contributed by atoms with Crippen molar-refractivity contribution in [1.82, 2.24) is 0 Å². The van der Waals surface area contributed by atoms with Crippen molar-refractivity contribution in [2.24, 2.45) is 0 Å². The summed E-state index contributed by atoms with van der Waals surface area (Å²) < 4.78 is 5.44. The molecule has 0 aliphatic heterocycles. The fourth-order valence-electron chi connectivity index (χ4n) is 2.47. The highest BCUT2D eigenvalue weighted by Crippen LogP contribution is 2.07. The van der Waals surface area contributed by atoms with Crippen molar-refractivity contribution in [3.63, 3.8) is 0 Å². The fraction of sp³-hybridized carbons (Fsp3) is 0.583. The summed E-state index contributed by atoms with van der Waals surface area (Å²) in [4.78, 5) is 0. The van der Waals surface area contributed by atoms with Gasteiger partial charge in [0, 0.05) is 6.61 Å². The SMILES string of the molecule is CCC=CCC=CCC=CCC=CCC=CCCCCC(CO)OCC. The number of aliphatic hydroxyl groups is 1. The zero-order valence-electron chi connectivity index (χ0n) is 17.0. The third kappa shape index (κ3) is 19.0. The van der Waals surface area contributed by atoms with Crippen molar-refractivity contribution in [2.75, 3.05) is 13.2 Å². The molecular formula is C24H40O2. The molecule has 0 aliphatic rings. The molecule has 0 heterocycles. The zero-order valence-corrected chi connectivity index (χ0v) is 17.0. The molecule has 0 spiro atoms. The van der Waals surface area contributed by atoms with Gasteiger partial charge in [-0.25, -0.2) is 0 Å². The summed E-state index contributed by atoms with van der Waals surface area (Å²) in [7, 11) is 0. The standard InChI is InChI=1S/C24H40O2/c1-3-5-6-7-8-9-10-11-12-13-14-15-16-17-18-19-20-21-22-24(23-25)26-4-2/h5-6,8-9,11-12,14-15,17-18,24-25H,3-4,7,10,13,16,19-23H2,1-2H3. The van der Waals surface area contributed by atoms with Gasteiger partial charge in [-0.1, -0.05) is 74.1 Å². The Hall–Kier alpha value is -1.38. The van der Waals surface area contributed by atoms with Gasteiger partial charge in [-0.2, -0.15) is 0 Å². The first-order valence-electron chi connectivity index (χ1n) is 10.3. The number of aliphatic hydroxyl groups excluding tert-OH is 1. The van der Waals surface area contributed by atoms with Gasteiger partial charge in [0.15, 0.2) is 0 Å². The van der Waals surface area contributed by atoms with E-state index in [-0.39, 0.29) is 12.7 Å². The van der Waals surface area contributed by atoms with Gasteiger partial charge in [-0.15, -0.1) is 0 Å². The fourth-order valence-corrected chi connectivity index (χ4v) is 2.47. The average molecular weight is 361 g/mol. The molecular weight excluding hydrogens is 320 g/mol. The van der Waals surface area contributed by atoms with Crippen molar-refractivity contribution < 1.29 is 9.84 Å². The van der Waals surface area contributed by atoms with Crippen molar-refractivity contribution in [1.29, 1.82) is 0 Å². The molecule has 148 valence electrons. The maximum absolute atomic E-state index is 9.14. The summed E-state index contributed by atoms with van der Waals surface area (Å²) in [6.07, 6.45) is 31.8. The van der Waals surface area contributed by atoms with Crippen LogP contribution in [0.5, 0.6) is 0 Å². The maximum atomic E-state index is 9.14. The predicted octanol–water partition coefficient (Wildman–Crippen LogP) is 6.70. The van der Waals surface area contributed by atoms with E-state index in [1.165, 1.54) is 0 Å². The van der Waals surface area contributed by atoms with E-state index in [2.05, 4.69) is 67.7 Å². The molecule has 0 rings (SSSR count). The minimum Gasteiger partial charge on any atom is -0.394 e. The Bertz CT molecular complexity index is 416. The van der Waals surface area contributed by atoms with E-state index in [4.69, 9.17) is 9.84 Å². The molecule has 0 saturated heterocycles. The van der Waals surface area contributed by atoms with E-state index in [1.807, 2.05) is 6.92 Å². The van der Waals surface area contributed by atoms with E-state index in [0.29, 0.717) is 6.61 Å². The van der Waals surface area contributed by atoms with Gasteiger partial charge < -0.3 is 9.84 Å². The molecule has 0 aromatic heterocycles. The maximum Gasteiger partial charge on any atom is 0.0805 e. The Morgan fingerprint density at radius 1 is 0.692 bits per heavy atom. The van der Waals surface area contributed by atoms with Crippen LogP contribution in [0.25, 0.3) is 0 Å². The largest absolute Gasteiger partial charge is 0.394 e. The number of hydrogen-bond acceptors (Lipinski definition) is 2. The van der Waals surface area contributed by atoms with Crippen LogP contribution in [-0.2, 0) is 4.74 Å². The second-order valence-electron chi connectivity index (χ2n) is 6.25. The number of hydrogen-bond donors (Lipinski definition) is 1. The van der Waals surface area contributed by atoms with Crippen LogP contribution in [0.3, 0.4) is 0 Å². The molecule has 0 amide bonds. The van der Waals surface area contributed by atoms with Gasteiger partial charge in [0.25, 0.3) is 0 Å². The number of unbranched alkanes of at least 4 members (excludes halogenated alkanes) is 2. The molecule has 0 aromatic carbocycles. The number of ether oxygens (including phenoxy) is 1. The molecule has 1 N–H and O–H groups in total. The first-order valence-corrected chi connectivity index (χ1v) is 10.3. The third-order valence-corrected chi connectivity index (χ3v) is 3.91. The minimum absolute atomic E-state index is 0.0216. The Morgan fingerprint density at radius 3 is 1.65 bits per heavy atom. The van der Waals surface area contributed by atoms with Crippen LogP contribution in [0.4, 0.5) is 0 Å². The van der Waals surface area contributed by atoms with Gasteiger partial charge in [0.2, 0.25) is 0 Å². The van der Waals surface area contributed by atoms with Crippen LogP contribution in [0.1, 0.15) is 71.6 Å². The quantitative estimate of drug-likeness (QED) is 0.231. The third-order valence-electron chi connectivity index (χ3n) is 3.91. The Balaban J connectivity index is 3.50. The molecule has 0 radical (unpaired) electrons. The highest BCUT2D eigenvalue weighted by molar-refractivity contribution is 5.00. The predicted molar refractivity (Wildman–Crippen MR) is 115 cm³/mol. The summed E-state index contributed by atoms with van der Waals surface area (Å²) in [5, 5.41) is 9.14. The second kappa shape index (κ2) is 21.7. The molecule has 0 aromatic rings. The topological polar surface area (TPSA) is 29.5 Å². The van der Waals surface area contributed by atoms with E-state index < -0.39 is 0 Å². The number of rotatable bonds is 17. The smallest absolute Gasteiger partial charge is 0.0805 e. The van der Waals surface area contributed by atoms with Gasteiger partial charge in [-0.3, -0.25) is 0 Å². The summed E-state index contributed by atoms with van der Waals surface area (Å²) in [5.74, 6) is 0.